The second-order valence-corrected chi connectivity index (χ2v) is 5.55. The van der Waals surface area contributed by atoms with Gasteiger partial charge in [-0.3, -0.25) is 4.79 Å². The molecule has 0 heterocycles. The maximum atomic E-state index is 13.2. The standard InChI is InChI=1S/C17H17ClF2N2O/c1-11(12-6-7-15(19)16(20)8-12)21-10-17(23)22-9-13-4-2-3-5-14(13)18/h2-8,11,21H,9-10H2,1H3,(H,22,23)/t11-/m1/s1. The fourth-order valence-corrected chi connectivity index (χ4v) is 2.25. The molecule has 0 saturated carbocycles. The van der Waals surface area contributed by atoms with Crippen molar-refractivity contribution in [3.05, 3.63) is 70.2 Å². The summed E-state index contributed by atoms with van der Waals surface area (Å²) in [7, 11) is 0. The molecule has 0 bridgehead atoms. The summed E-state index contributed by atoms with van der Waals surface area (Å²) in [6.07, 6.45) is 0. The average molecular weight is 339 g/mol. The molecule has 0 saturated heterocycles. The van der Waals surface area contributed by atoms with Gasteiger partial charge in [0.25, 0.3) is 0 Å². The van der Waals surface area contributed by atoms with E-state index in [1.54, 1.807) is 13.0 Å². The Morgan fingerprint density at radius 1 is 1.17 bits per heavy atom. The van der Waals surface area contributed by atoms with E-state index in [0.717, 1.165) is 17.7 Å². The lowest BCUT2D eigenvalue weighted by molar-refractivity contribution is -0.120. The summed E-state index contributed by atoms with van der Waals surface area (Å²) in [5.74, 6) is -2.00. The molecule has 0 unspecified atom stereocenters. The van der Waals surface area contributed by atoms with Gasteiger partial charge in [0.05, 0.1) is 6.54 Å². The molecule has 1 atom stereocenters. The summed E-state index contributed by atoms with van der Waals surface area (Å²) in [5, 5.41) is 6.30. The van der Waals surface area contributed by atoms with Crippen molar-refractivity contribution in [2.45, 2.75) is 19.5 Å². The lowest BCUT2D eigenvalue weighted by Crippen LogP contribution is -2.34. The molecule has 0 aliphatic rings. The van der Waals surface area contributed by atoms with Gasteiger partial charge in [-0.2, -0.15) is 0 Å². The minimum absolute atomic E-state index is 0.0601. The summed E-state index contributed by atoms with van der Waals surface area (Å²) in [6, 6.07) is 10.6. The molecule has 122 valence electrons. The number of nitrogens with one attached hydrogen (secondary N) is 2. The summed E-state index contributed by atoms with van der Waals surface area (Å²) in [5.41, 5.74) is 1.40. The van der Waals surface area contributed by atoms with Gasteiger partial charge in [0.1, 0.15) is 0 Å². The quantitative estimate of drug-likeness (QED) is 0.845. The highest BCUT2D eigenvalue weighted by Crippen LogP contribution is 2.16. The van der Waals surface area contributed by atoms with Crippen LogP contribution in [0, 0.1) is 11.6 Å². The van der Waals surface area contributed by atoms with E-state index in [0.29, 0.717) is 17.1 Å². The smallest absolute Gasteiger partial charge is 0.234 e. The number of halogens is 3. The fraction of sp³-hybridized carbons (Fsp3) is 0.235. The Morgan fingerprint density at radius 3 is 2.61 bits per heavy atom. The first-order valence-corrected chi connectivity index (χ1v) is 7.53. The van der Waals surface area contributed by atoms with E-state index >= 15 is 0 Å². The zero-order valence-electron chi connectivity index (χ0n) is 12.6. The van der Waals surface area contributed by atoms with E-state index < -0.39 is 11.6 Å². The highest BCUT2D eigenvalue weighted by Gasteiger charge is 2.10. The van der Waals surface area contributed by atoms with Crippen molar-refractivity contribution in [3.63, 3.8) is 0 Å². The molecule has 2 aromatic carbocycles. The SMILES string of the molecule is C[C@@H](NCC(=O)NCc1ccccc1Cl)c1ccc(F)c(F)c1. The van der Waals surface area contributed by atoms with Gasteiger partial charge in [-0.05, 0) is 36.2 Å². The summed E-state index contributed by atoms with van der Waals surface area (Å²) in [6.45, 7) is 2.17. The number of amides is 1. The molecule has 0 radical (unpaired) electrons. The molecule has 0 aliphatic heterocycles. The van der Waals surface area contributed by atoms with Crippen LogP contribution in [-0.4, -0.2) is 12.5 Å². The molecular formula is C17H17ClF2N2O. The maximum Gasteiger partial charge on any atom is 0.234 e. The number of hydrogen-bond donors (Lipinski definition) is 2. The number of benzene rings is 2. The summed E-state index contributed by atoms with van der Waals surface area (Å²) in [4.78, 5) is 11.8. The number of rotatable bonds is 6. The molecule has 2 rings (SSSR count). The first-order valence-electron chi connectivity index (χ1n) is 7.16. The highest BCUT2D eigenvalue weighted by molar-refractivity contribution is 6.31. The van der Waals surface area contributed by atoms with Gasteiger partial charge in [0.15, 0.2) is 11.6 Å². The van der Waals surface area contributed by atoms with Crippen LogP contribution in [-0.2, 0) is 11.3 Å². The van der Waals surface area contributed by atoms with Crippen molar-refractivity contribution in [2.75, 3.05) is 6.54 Å². The van der Waals surface area contributed by atoms with Crippen LogP contribution in [0.5, 0.6) is 0 Å². The molecule has 2 N–H and O–H groups in total. The van der Waals surface area contributed by atoms with E-state index in [2.05, 4.69) is 10.6 Å². The molecule has 23 heavy (non-hydrogen) atoms. The van der Waals surface area contributed by atoms with Crippen LogP contribution in [0.2, 0.25) is 5.02 Å². The second-order valence-electron chi connectivity index (χ2n) is 5.14. The monoisotopic (exact) mass is 338 g/mol. The third kappa shape index (κ3) is 5.01. The third-order valence-electron chi connectivity index (χ3n) is 3.45. The Bertz CT molecular complexity index is 694. The lowest BCUT2D eigenvalue weighted by atomic mass is 10.1. The van der Waals surface area contributed by atoms with Gasteiger partial charge in [0.2, 0.25) is 5.91 Å². The third-order valence-corrected chi connectivity index (χ3v) is 3.82. The van der Waals surface area contributed by atoms with Gasteiger partial charge < -0.3 is 10.6 Å². The van der Waals surface area contributed by atoms with Gasteiger partial charge >= 0.3 is 0 Å². The topological polar surface area (TPSA) is 41.1 Å². The second kappa shape index (κ2) is 8.04. The van der Waals surface area contributed by atoms with Crippen molar-refractivity contribution in [1.82, 2.24) is 10.6 Å². The summed E-state index contributed by atoms with van der Waals surface area (Å²) >= 11 is 6.01. The predicted molar refractivity (Wildman–Crippen MR) is 86.1 cm³/mol. The fourth-order valence-electron chi connectivity index (χ4n) is 2.04. The van der Waals surface area contributed by atoms with Gasteiger partial charge in [-0.25, -0.2) is 8.78 Å². The van der Waals surface area contributed by atoms with E-state index in [4.69, 9.17) is 11.6 Å². The molecule has 2 aromatic rings. The Labute approximate surface area is 138 Å². The van der Waals surface area contributed by atoms with Crippen LogP contribution in [0.4, 0.5) is 8.78 Å². The van der Waals surface area contributed by atoms with E-state index in [1.807, 2.05) is 18.2 Å². The van der Waals surface area contributed by atoms with Crippen LogP contribution >= 0.6 is 11.6 Å². The largest absolute Gasteiger partial charge is 0.351 e. The van der Waals surface area contributed by atoms with Crippen molar-refractivity contribution < 1.29 is 13.6 Å². The van der Waals surface area contributed by atoms with Crippen molar-refractivity contribution in [3.8, 4) is 0 Å². The zero-order valence-corrected chi connectivity index (χ0v) is 13.3. The Morgan fingerprint density at radius 2 is 1.91 bits per heavy atom. The first kappa shape index (κ1) is 17.4. The lowest BCUT2D eigenvalue weighted by Gasteiger charge is -2.14. The van der Waals surface area contributed by atoms with E-state index in [9.17, 15) is 13.6 Å². The first-order chi connectivity index (χ1) is 11.0. The van der Waals surface area contributed by atoms with Crippen LogP contribution in [0.1, 0.15) is 24.1 Å². The summed E-state index contributed by atoms with van der Waals surface area (Å²) < 4.78 is 26.1. The van der Waals surface area contributed by atoms with Crippen LogP contribution in [0.15, 0.2) is 42.5 Å². The molecule has 0 fully saturated rings. The van der Waals surface area contributed by atoms with Gasteiger partial charge in [-0.1, -0.05) is 35.9 Å². The molecule has 0 spiro atoms. The average Bonchev–Trinajstić information content (AvgIpc) is 2.54. The number of hydrogen-bond acceptors (Lipinski definition) is 2. The molecule has 3 nitrogen and oxygen atoms in total. The van der Waals surface area contributed by atoms with Crippen molar-refractivity contribution in [2.24, 2.45) is 0 Å². The Kier molecular flexibility index (Phi) is 6.07. The molecule has 0 aromatic heterocycles. The van der Waals surface area contributed by atoms with Crippen LogP contribution in [0.25, 0.3) is 0 Å². The number of carbonyl (C=O) groups excluding carboxylic acids is 1. The highest BCUT2D eigenvalue weighted by atomic mass is 35.5. The number of carbonyl (C=O) groups is 1. The Balaban J connectivity index is 1.82. The minimum Gasteiger partial charge on any atom is -0.351 e. The van der Waals surface area contributed by atoms with Gasteiger partial charge in [0, 0.05) is 17.6 Å². The van der Waals surface area contributed by atoms with Gasteiger partial charge in [-0.15, -0.1) is 0 Å². The van der Waals surface area contributed by atoms with Crippen molar-refractivity contribution >= 4 is 17.5 Å². The van der Waals surface area contributed by atoms with E-state index in [-0.39, 0.29) is 18.5 Å². The van der Waals surface area contributed by atoms with E-state index in [1.165, 1.54) is 6.07 Å². The maximum absolute atomic E-state index is 13.2. The minimum atomic E-state index is -0.903. The zero-order chi connectivity index (χ0) is 16.8. The van der Waals surface area contributed by atoms with Crippen LogP contribution < -0.4 is 10.6 Å². The molecule has 0 aliphatic carbocycles. The molecule has 1 amide bonds. The normalized spacial score (nSPS) is 12.0. The molecule has 6 heteroatoms. The van der Waals surface area contributed by atoms with Crippen molar-refractivity contribution in [1.29, 1.82) is 0 Å². The molecular weight excluding hydrogens is 322 g/mol. The van der Waals surface area contributed by atoms with Crippen LogP contribution in [0.3, 0.4) is 0 Å². The predicted octanol–water partition coefficient (Wildman–Crippen LogP) is 3.59. The Hall–Kier alpha value is -1.98.